The third-order valence-corrected chi connectivity index (χ3v) is 6.05. The van der Waals surface area contributed by atoms with Gasteiger partial charge in [0.2, 0.25) is 10.0 Å². The molecule has 0 bridgehead atoms. The van der Waals surface area contributed by atoms with Crippen LogP contribution in [-0.4, -0.2) is 23.2 Å². The quantitative estimate of drug-likeness (QED) is 0.541. The summed E-state index contributed by atoms with van der Waals surface area (Å²) in [6.45, 7) is 3.75. The molecule has 7 nitrogen and oxygen atoms in total. The fraction of sp³-hybridized carbons (Fsp3) is 0.222. The highest BCUT2D eigenvalue weighted by atomic mass is 79.9. The Labute approximate surface area is 174 Å². The third-order valence-electron chi connectivity index (χ3n) is 3.99. The average molecular weight is 487 g/mol. The molecule has 0 amide bonds. The molecule has 3 aromatic rings. The van der Waals surface area contributed by atoms with Gasteiger partial charge in [0.1, 0.15) is 22.3 Å². The topological polar surface area (TPSA) is 86.1 Å². The molecule has 0 aliphatic carbocycles. The van der Waals surface area contributed by atoms with Crippen LogP contribution in [0.15, 0.2) is 51.8 Å². The van der Waals surface area contributed by atoms with Crippen molar-refractivity contribution in [1.29, 1.82) is 0 Å². The summed E-state index contributed by atoms with van der Waals surface area (Å²) >= 11 is 3.09. The maximum absolute atomic E-state index is 14.1. The van der Waals surface area contributed by atoms with Gasteiger partial charge in [-0.1, -0.05) is 21.0 Å². The molecular formula is C18H17BrF2N4O3S. The summed E-state index contributed by atoms with van der Waals surface area (Å²) in [6.07, 6.45) is 0. The normalized spacial score (nSPS) is 12.7. The molecule has 11 heteroatoms. The van der Waals surface area contributed by atoms with Gasteiger partial charge in [0.15, 0.2) is 5.82 Å². The maximum Gasteiger partial charge on any atom is 0.322 e. The lowest BCUT2D eigenvalue weighted by Crippen LogP contribution is -2.29. The van der Waals surface area contributed by atoms with E-state index >= 15 is 0 Å². The van der Waals surface area contributed by atoms with E-state index in [-0.39, 0.29) is 11.8 Å². The van der Waals surface area contributed by atoms with E-state index in [2.05, 4.69) is 30.8 Å². The van der Waals surface area contributed by atoms with Crippen molar-refractivity contribution >= 4 is 26.0 Å². The van der Waals surface area contributed by atoms with Crippen LogP contribution in [0.4, 0.5) is 8.78 Å². The molecule has 1 aromatic heterocycles. The van der Waals surface area contributed by atoms with E-state index < -0.39 is 32.6 Å². The number of ether oxygens (including phenoxy) is 1. The Bertz CT molecular complexity index is 1120. The van der Waals surface area contributed by atoms with Crippen LogP contribution in [0, 0.1) is 11.6 Å². The fourth-order valence-corrected chi connectivity index (χ4v) is 4.24. The molecule has 1 atom stereocenters. The lowest BCUT2D eigenvalue weighted by molar-refractivity contribution is 0.407. The number of nitrogens with zero attached hydrogens (tertiary/aromatic N) is 3. The molecular weight excluding hydrogens is 470 g/mol. The van der Waals surface area contributed by atoms with Crippen molar-refractivity contribution in [2.75, 3.05) is 0 Å². The highest BCUT2D eigenvalue weighted by molar-refractivity contribution is 9.10. The second-order valence-corrected chi connectivity index (χ2v) is 8.66. The van der Waals surface area contributed by atoms with Crippen LogP contribution < -0.4 is 9.46 Å². The van der Waals surface area contributed by atoms with Gasteiger partial charge in [0.25, 0.3) is 0 Å². The molecule has 2 aromatic carbocycles. The van der Waals surface area contributed by atoms with Crippen LogP contribution in [0.5, 0.6) is 11.8 Å². The van der Waals surface area contributed by atoms with Gasteiger partial charge in [-0.05, 0) is 56.3 Å². The van der Waals surface area contributed by atoms with E-state index in [0.717, 1.165) is 6.07 Å². The molecule has 29 heavy (non-hydrogen) atoms. The molecule has 0 aliphatic rings. The zero-order valence-corrected chi connectivity index (χ0v) is 17.8. The predicted octanol–water partition coefficient (Wildman–Crippen LogP) is 4.17. The monoisotopic (exact) mass is 486 g/mol. The van der Waals surface area contributed by atoms with Crippen LogP contribution in [0.2, 0.25) is 0 Å². The number of rotatable bonds is 7. The first-order valence-electron chi connectivity index (χ1n) is 8.55. The Morgan fingerprint density at radius 2 is 1.86 bits per heavy atom. The second kappa shape index (κ2) is 8.56. The first kappa shape index (κ1) is 21.3. The van der Waals surface area contributed by atoms with Crippen LogP contribution in [-0.2, 0) is 16.6 Å². The van der Waals surface area contributed by atoms with Gasteiger partial charge >= 0.3 is 6.01 Å². The van der Waals surface area contributed by atoms with E-state index in [9.17, 15) is 17.2 Å². The Morgan fingerprint density at radius 3 is 2.48 bits per heavy atom. The van der Waals surface area contributed by atoms with Gasteiger partial charge in [-0.2, -0.15) is 0 Å². The van der Waals surface area contributed by atoms with Crippen LogP contribution in [0.1, 0.15) is 25.7 Å². The van der Waals surface area contributed by atoms with Gasteiger partial charge in [0, 0.05) is 11.0 Å². The molecule has 0 spiro atoms. The lowest BCUT2D eigenvalue weighted by atomic mass is 10.3. The number of hydrogen-bond donors (Lipinski definition) is 1. The van der Waals surface area contributed by atoms with Crippen molar-refractivity contribution in [3.8, 4) is 11.8 Å². The molecule has 3 rings (SSSR count). The third kappa shape index (κ3) is 4.80. The van der Waals surface area contributed by atoms with Gasteiger partial charge in [-0.25, -0.2) is 21.9 Å². The first-order valence-corrected chi connectivity index (χ1v) is 10.8. The van der Waals surface area contributed by atoms with E-state index in [1.165, 1.54) is 36.4 Å². The van der Waals surface area contributed by atoms with Crippen molar-refractivity contribution in [2.45, 2.75) is 31.3 Å². The van der Waals surface area contributed by atoms with E-state index in [4.69, 9.17) is 4.74 Å². The first-order chi connectivity index (χ1) is 13.7. The number of sulfonamides is 1. The molecule has 0 saturated carbocycles. The van der Waals surface area contributed by atoms with Crippen molar-refractivity contribution in [2.24, 2.45) is 0 Å². The Morgan fingerprint density at radius 1 is 1.17 bits per heavy atom. The largest absolute Gasteiger partial charge is 0.424 e. The lowest BCUT2D eigenvalue weighted by Gasteiger charge is -2.15. The maximum atomic E-state index is 14.1. The van der Waals surface area contributed by atoms with Gasteiger partial charge in [0.05, 0.1) is 6.04 Å². The zero-order chi connectivity index (χ0) is 21.2. The van der Waals surface area contributed by atoms with Crippen LogP contribution in [0.3, 0.4) is 0 Å². The molecule has 1 heterocycles. The van der Waals surface area contributed by atoms with E-state index in [1.54, 1.807) is 18.4 Å². The van der Waals surface area contributed by atoms with Crippen molar-refractivity contribution < 1.29 is 21.9 Å². The summed E-state index contributed by atoms with van der Waals surface area (Å²) in [5, 5.41) is 7.94. The Balaban J connectivity index is 1.84. The summed E-state index contributed by atoms with van der Waals surface area (Å²) < 4.78 is 62.3. The molecule has 0 aliphatic heterocycles. The fourth-order valence-electron chi connectivity index (χ4n) is 2.64. The van der Waals surface area contributed by atoms with Gasteiger partial charge in [-0.3, -0.25) is 4.57 Å². The Hall–Kier alpha value is -2.37. The summed E-state index contributed by atoms with van der Waals surface area (Å²) in [5.41, 5.74) is 0. The number of benzene rings is 2. The number of halogens is 3. The van der Waals surface area contributed by atoms with E-state index in [0.29, 0.717) is 16.8 Å². The Kier molecular flexibility index (Phi) is 6.30. The molecule has 0 unspecified atom stereocenters. The number of hydrogen-bond acceptors (Lipinski definition) is 5. The minimum Gasteiger partial charge on any atom is -0.424 e. The summed E-state index contributed by atoms with van der Waals surface area (Å²) in [4.78, 5) is -0.474. The van der Waals surface area contributed by atoms with Crippen molar-refractivity contribution in [1.82, 2.24) is 19.5 Å². The number of aromatic nitrogens is 3. The van der Waals surface area contributed by atoms with Crippen LogP contribution >= 0.6 is 15.9 Å². The highest BCUT2D eigenvalue weighted by Crippen LogP contribution is 2.25. The average Bonchev–Trinajstić information content (AvgIpc) is 3.05. The molecule has 154 valence electrons. The zero-order valence-electron chi connectivity index (χ0n) is 15.4. The van der Waals surface area contributed by atoms with Gasteiger partial charge < -0.3 is 4.74 Å². The van der Waals surface area contributed by atoms with E-state index in [1.807, 2.05) is 0 Å². The van der Waals surface area contributed by atoms with Crippen molar-refractivity contribution in [3.63, 3.8) is 0 Å². The smallest absolute Gasteiger partial charge is 0.322 e. The molecule has 1 N–H and O–H groups in total. The highest BCUT2D eigenvalue weighted by Gasteiger charge is 2.26. The molecule has 0 saturated heterocycles. The van der Waals surface area contributed by atoms with Crippen LogP contribution in [0.25, 0.3) is 0 Å². The minimum absolute atomic E-state index is 0.120. The second-order valence-electron chi connectivity index (χ2n) is 6.06. The predicted molar refractivity (Wildman–Crippen MR) is 105 cm³/mol. The summed E-state index contributed by atoms with van der Waals surface area (Å²) in [5.74, 6) is -0.648. The molecule has 0 radical (unpaired) electrons. The minimum atomic E-state index is -4.14. The number of nitrogens with one attached hydrogen (secondary N) is 1. The summed E-state index contributed by atoms with van der Waals surface area (Å²) in [6, 6.07) is 8.34. The van der Waals surface area contributed by atoms with Gasteiger partial charge in [-0.15, -0.1) is 5.10 Å². The molecule has 0 fully saturated rings. The summed E-state index contributed by atoms with van der Waals surface area (Å²) in [7, 11) is -4.14. The SMILES string of the molecule is CCn1c(Oc2ccc(F)cc2)nnc1[C@@H](C)NS(=O)(=O)c1ccc(Br)cc1F. The standard InChI is InChI=1S/C18H17BrF2N4O3S/c1-3-25-17(22-23-18(25)28-14-7-5-13(20)6-8-14)11(2)24-29(26,27)16-9-4-12(19)10-15(16)21/h4-11,24H,3H2,1-2H3/t11-/m1/s1. The van der Waals surface area contributed by atoms with Crippen molar-refractivity contribution in [3.05, 3.63) is 64.4 Å².